The third kappa shape index (κ3) is 2.14. The van der Waals surface area contributed by atoms with E-state index in [0.29, 0.717) is 0 Å². The topological polar surface area (TPSA) is 29.9 Å². The predicted molar refractivity (Wildman–Crippen MR) is 66.1 cm³/mol. The summed E-state index contributed by atoms with van der Waals surface area (Å²) in [6.45, 7) is 2.93. The van der Waals surface area contributed by atoms with E-state index >= 15 is 0 Å². The van der Waals surface area contributed by atoms with Crippen molar-refractivity contribution in [1.82, 2.24) is 15.1 Å². The zero-order chi connectivity index (χ0) is 11.5. The van der Waals surface area contributed by atoms with Crippen LogP contribution in [0.1, 0.15) is 11.3 Å². The summed E-state index contributed by atoms with van der Waals surface area (Å²) in [5.74, 6) is 0. The van der Waals surface area contributed by atoms with Crippen LogP contribution < -0.4 is 5.32 Å². The average Bonchev–Trinajstić information content (AvgIpc) is 2.62. The Bertz CT molecular complexity index is 468. The van der Waals surface area contributed by atoms with Crippen LogP contribution in [0.15, 0.2) is 30.3 Å². The maximum Gasteiger partial charge on any atom is 0.0926 e. The van der Waals surface area contributed by atoms with Gasteiger partial charge in [-0.2, -0.15) is 5.10 Å². The average molecular weight is 215 g/mol. The molecule has 0 aliphatic heterocycles. The fourth-order valence-electron chi connectivity index (χ4n) is 1.72. The molecule has 1 N–H and O–H groups in total. The Kier molecular flexibility index (Phi) is 3.06. The molecule has 0 fully saturated rings. The SMILES string of the molecule is CNCc1cc(-c2ccc(C)cc2)nn1C. The van der Waals surface area contributed by atoms with Gasteiger partial charge < -0.3 is 5.32 Å². The summed E-state index contributed by atoms with van der Waals surface area (Å²) >= 11 is 0. The van der Waals surface area contributed by atoms with Crippen LogP contribution in [-0.2, 0) is 13.6 Å². The number of nitrogens with one attached hydrogen (secondary N) is 1. The molecule has 16 heavy (non-hydrogen) atoms. The number of nitrogens with zero attached hydrogens (tertiary/aromatic N) is 2. The third-order valence-corrected chi connectivity index (χ3v) is 2.68. The van der Waals surface area contributed by atoms with E-state index < -0.39 is 0 Å². The van der Waals surface area contributed by atoms with Gasteiger partial charge in [-0.05, 0) is 20.0 Å². The van der Waals surface area contributed by atoms with E-state index in [1.165, 1.54) is 16.8 Å². The smallest absolute Gasteiger partial charge is 0.0926 e. The van der Waals surface area contributed by atoms with Crippen LogP contribution in [0.25, 0.3) is 11.3 Å². The highest BCUT2D eigenvalue weighted by Gasteiger charge is 2.05. The first-order valence-electron chi connectivity index (χ1n) is 5.45. The second-order valence-corrected chi connectivity index (χ2v) is 4.04. The van der Waals surface area contributed by atoms with Gasteiger partial charge in [-0.3, -0.25) is 4.68 Å². The molecule has 0 radical (unpaired) electrons. The molecule has 1 aromatic carbocycles. The predicted octanol–water partition coefficient (Wildman–Crippen LogP) is 2.11. The van der Waals surface area contributed by atoms with Crippen molar-refractivity contribution in [2.24, 2.45) is 7.05 Å². The van der Waals surface area contributed by atoms with Gasteiger partial charge in [-0.15, -0.1) is 0 Å². The van der Waals surface area contributed by atoms with E-state index in [4.69, 9.17) is 0 Å². The number of benzene rings is 1. The molecular weight excluding hydrogens is 198 g/mol. The summed E-state index contributed by atoms with van der Waals surface area (Å²) in [4.78, 5) is 0. The van der Waals surface area contributed by atoms with Gasteiger partial charge in [0.1, 0.15) is 0 Å². The zero-order valence-corrected chi connectivity index (χ0v) is 9.99. The minimum Gasteiger partial charge on any atom is -0.314 e. The molecule has 84 valence electrons. The first kappa shape index (κ1) is 10.9. The normalized spacial score (nSPS) is 10.7. The molecule has 0 bridgehead atoms. The maximum atomic E-state index is 4.51. The van der Waals surface area contributed by atoms with Gasteiger partial charge >= 0.3 is 0 Å². The van der Waals surface area contributed by atoms with Crippen LogP contribution in [0, 0.1) is 6.92 Å². The second-order valence-electron chi connectivity index (χ2n) is 4.04. The van der Waals surface area contributed by atoms with Gasteiger partial charge in [0.15, 0.2) is 0 Å². The Labute approximate surface area is 96.1 Å². The summed E-state index contributed by atoms with van der Waals surface area (Å²) in [6, 6.07) is 10.6. The van der Waals surface area contributed by atoms with Crippen molar-refractivity contribution in [3.63, 3.8) is 0 Å². The van der Waals surface area contributed by atoms with Gasteiger partial charge in [-0.1, -0.05) is 29.8 Å². The molecule has 1 heterocycles. The van der Waals surface area contributed by atoms with Crippen molar-refractivity contribution in [3.8, 4) is 11.3 Å². The number of aromatic nitrogens is 2. The molecule has 3 nitrogen and oxygen atoms in total. The van der Waals surface area contributed by atoms with Crippen molar-refractivity contribution >= 4 is 0 Å². The minimum absolute atomic E-state index is 0.843. The first-order valence-corrected chi connectivity index (χ1v) is 5.45. The van der Waals surface area contributed by atoms with Crippen LogP contribution in [0.4, 0.5) is 0 Å². The lowest BCUT2D eigenvalue weighted by Gasteiger charge is -1.97. The third-order valence-electron chi connectivity index (χ3n) is 2.68. The highest BCUT2D eigenvalue weighted by atomic mass is 15.3. The van der Waals surface area contributed by atoms with E-state index in [-0.39, 0.29) is 0 Å². The molecule has 0 aliphatic rings. The number of aryl methyl sites for hydroxylation is 2. The van der Waals surface area contributed by atoms with Crippen molar-refractivity contribution in [3.05, 3.63) is 41.6 Å². The van der Waals surface area contributed by atoms with E-state index in [2.05, 4.69) is 47.7 Å². The second kappa shape index (κ2) is 4.49. The fourth-order valence-corrected chi connectivity index (χ4v) is 1.72. The highest BCUT2D eigenvalue weighted by molar-refractivity contribution is 5.59. The molecule has 2 rings (SSSR count). The first-order chi connectivity index (χ1) is 7.70. The standard InChI is InChI=1S/C13H17N3/c1-10-4-6-11(7-5-10)13-8-12(9-14-2)16(3)15-13/h4-8,14H,9H2,1-3H3. The number of hydrogen-bond acceptors (Lipinski definition) is 2. The van der Waals surface area contributed by atoms with Gasteiger partial charge in [0, 0.05) is 19.2 Å². The van der Waals surface area contributed by atoms with Crippen LogP contribution in [0.3, 0.4) is 0 Å². The summed E-state index contributed by atoms with van der Waals surface area (Å²) in [5, 5.41) is 7.64. The van der Waals surface area contributed by atoms with Gasteiger partial charge in [0.05, 0.1) is 11.4 Å². The number of hydrogen-bond donors (Lipinski definition) is 1. The van der Waals surface area contributed by atoms with Crippen LogP contribution in [0.5, 0.6) is 0 Å². The van der Waals surface area contributed by atoms with Crippen molar-refractivity contribution in [2.75, 3.05) is 7.05 Å². The maximum absolute atomic E-state index is 4.51. The van der Waals surface area contributed by atoms with E-state index in [0.717, 1.165) is 12.2 Å². The van der Waals surface area contributed by atoms with Crippen molar-refractivity contribution in [2.45, 2.75) is 13.5 Å². The van der Waals surface area contributed by atoms with Crippen molar-refractivity contribution in [1.29, 1.82) is 0 Å². The lowest BCUT2D eigenvalue weighted by Crippen LogP contribution is -2.09. The summed E-state index contributed by atoms with van der Waals surface area (Å²) in [6.07, 6.45) is 0. The lowest BCUT2D eigenvalue weighted by atomic mass is 10.1. The zero-order valence-electron chi connectivity index (χ0n) is 9.99. The molecule has 2 aromatic rings. The van der Waals surface area contributed by atoms with E-state index in [1.807, 2.05) is 18.8 Å². The highest BCUT2D eigenvalue weighted by Crippen LogP contribution is 2.19. The molecule has 0 aliphatic carbocycles. The Morgan fingerprint density at radius 1 is 1.25 bits per heavy atom. The molecular formula is C13H17N3. The van der Waals surface area contributed by atoms with Crippen LogP contribution >= 0.6 is 0 Å². The van der Waals surface area contributed by atoms with Crippen molar-refractivity contribution < 1.29 is 0 Å². The molecule has 0 spiro atoms. The number of rotatable bonds is 3. The molecule has 1 aromatic heterocycles. The van der Waals surface area contributed by atoms with Gasteiger partial charge in [0.2, 0.25) is 0 Å². The largest absolute Gasteiger partial charge is 0.314 e. The Morgan fingerprint density at radius 3 is 2.56 bits per heavy atom. The van der Waals surface area contributed by atoms with E-state index in [1.54, 1.807) is 0 Å². The monoisotopic (exact) mass is 215 g/mol. The summed E-state index contributed by atoms with van der Waals surface area (Å²) < 4.78 is 1.92. The lowest BCUT2D eigenvalue weighted by molar-refractivity contribution is 0.673. The summed E-state index contributed by atoms with van der Waals surface area (Å²) in [7, 11) is 3.92. The Balaban J connectivity index is 2.33. The quantitative estimate of drug-likeness (QED) is 0.850. The fraction of sp³-hybridized carbons (Fsp3) is 0.308. The van der Waals surface area contributed by atoms with Crippen LogP contribution in [-0.4, -0.2) is 16.8 Å². The molecule has 0 amide bonds. The molecule has 3 heteroatoms. The molecule has 0 unspecified atom stereocenters. The van der Waals surface area contributed by atoms with Gasteiger partial charge in [0.25, 0.3) is 0 Å². The molecule has 0 saturated heterocycles. The Morgan fingerprint density at radius 2 is 1.94 bits per heavy atom. The minimum atomic E-state index is 0.843. The molecule has 0 saturated carbocycles. The van der Waals surface area contributed by atoms with Gasteiger partial charge in [-0.25, -0.2) is 0 Å². The molecule has 0 atom stereocenters. The van der Waals surface area contributed by atoms with Crippen LogP contribution in [0.2, 0.25) is 0 Å². The van der Waals surface area contributed by atoms with E-state index in [9.17, 15) is 0 Å². The Hall–Kier alpha value is -1.61. The summed E-state index contributed by atoms with van der Waals surface area (Å²) in [5.41, 5.74) is 4.67.